The molecule has 0 aliphatic carbocycles. The maximum atomic E-state index is 12.4. The second-order valence-corrected chi connectivity index (χ2v) is 6.38. The van der Waals surface area contributed by atoms with Crippen molar-refractivity contribution in [3.05, 3.63) is 15.6 Å². The fraction of sp³-hybridized carbons (Fsp3) is 0.615. The van der Waals surface area contributed by atoms with E-state index in [-0.39, 0.29) is 24.3 Å². The molecule has 1 fully saturated rings. The summed E-state index contributed by atoms with van der Waals surface area (Å²) in [6, 6.07) is -0.581. The van der Waals surface area contributed by atoms with E-state index in [9.17, 15) is 9.59 Å². The lowest BCUT2D eigenvalue weighted by molar-refractivity contribution is -0.137. The van der Waals surface area contributed by atoms with Crippen LogP contribution in [0.3, 0.4) is 0 Å². The minimum atomic E-state index is -0.447. The first kappa shape index (κ1) is 14.9. The van der Waals surface area contributed by atoms with E-state index in [1.807, 2.05) is 13.8 Å². The van der Waals surface area contributed by atoms with Gasteiger partial charge in [0.2, 0.25) is 11.8 Å². The van der Waals surface area contributed by atoms with E-state index >= 15 is 0 Å². The lowest BCUT2D eigenvalue weighted by Gasteiger charge is -2.23. The predicted molar refractivity (Wildman–Crippen MR) is 77.5 cm³/mol. The van der Waals surface area contributed by atoms with Crippen molar-refractivity contribution in [1.82, 2.24) is 15.2 Å². The van der Waals surface area contributed by atoms with E-state index in [1.165, 1.54) is 11.3 Å². The zero-order valence-electron chi connectivity index (χ0n) is 12.0. The van der Waals surface area contributed by atoms with Gasteiger partial charge in [0.1, 0.15) is 6.04 Å². The molecule has 1 aromatic rings. The number of amides is 2. The number of aromatic nitrogens is 1. The van der Waals surface area contributed by atoms with E-state index in [4.69, 9.17) is 5.73 Å². The van der Waals surface area contributed by atoms with Gasteiger partial charge >= 0.3 is 0 Å². The van der Waals surface area contributed by atoms with Crippen molar-refractivity contribution < 1.29 is 9.59 Å². The number of rotatable bonds is 3. The Balaban J connectivity index is 2.11. The van der Waals surface area contributed by atoms with E-state index in [1.54, 1.807) is 11.9 Å². The Kier molecular flexibility index (Phi) is 4.39. The van der Waals surface area contributed by atoms with Crippen LogP contribution in [0.15, 0.2) is 0 Å². The first-order chi connectivity index (χ1) is 9.42. The monoisotopic (exact) mass is 296 g/mol. The molecule has 7 heteroatoms. The highest BCUT2D eigenvalue weighted by atomic mass is 32.1. The van der Waals surface area contributed by atoms with Gasteiger partial charge in [0, 0.05) is 24.5 Å². The van der Waals surface area contributed by atoms with Crippen molar-refractivity contribution in [2.24, 2.45) is 5.73 Å². The zero-order chi connectivity index (χ0) is 14.9. The number of aryl methyl sites for hydroxylation is 2. The number of likely N-dealkylation sites (N-methyl/N-ethyl adjacent to an activating group) is 1. The molecule has 1 saturated heterocycles. The van der Waals surface area contributed by atoms with Gasteiger partial charge in [-0.1, -0.05) is 0 Å². The molecular formula is C13H20N4O2S. The molecule has 2 atom stereocenters. The van der Waals surface area contributed by atoms with E-state index in [0.29, 0.717) is 13.0 Å². The molecule has 6 nitrogen and oxygen atoms in total. The van der Waals surface area contributed by atoms with E-state index < -0.39 is 6.04 Å². The molecule has 0 spiro atoms. The highest BCUT2D eigenvalue weighted by molar-refractivity contribution is 7.11. The first-order valence-electron chi connectivity index (χ1n) is 6.62. The Labute approximate surface area is 122 Å². The number of carbonyl (C=O) groups is 2. The van der Waals surface area contributed by atoms with Crippen molar-refractivity contribution in [2.45, 2.75) is 38.8 Å². The fourth-order valence-corrected chi connectivity index (χ4v) is 3.46. The molecule has 0 saturated carbocycles. The third-order valence-corrected chi connectivity index (χ3v) is 4.59. The molecule has 0 aromatic carbocycles. The summed E-state index contributed by atoms with van der Waals surface area (Å²) in [5, 5.41) is 3.54. The Hall–Kier alpha value is -1.47. The summed E-state index contributed by atoms with van der Waals surface area (Å²) >= 11 is 1.53. The van der Waals surface area contributed by atoms with Crippen LogP contribution in [-0.2, 0) is 16.0 Å². The average molecular weight is 296 g/mol. The molecule has 2 amide bonds. The number of nitrogens with two attached hydrogens (primary N) is 1. The van der Waals surface area contributed by atoms with E-state index in [0.717, 1.165) is 15.6 Å². The fourth-order valence-electron chi connectivity index (χ4n) is 2.54. The largest absolute Gasteiger partial charge is 0.357 e. The van der Waals surface area contributed by atoms with Gasteiger partial charge in [0.05, 0.1) is 17.1 Å². The molecule has 2 heterocycles. The molecular weight excluding hydrogens is 276 g/mol. The van der Waals surface area contributed by atoms with Crippen LogP contribution < -0.4 is 11.1 Å². The van der Waals surface area contributed by atoms with Gasteiger partial charge < -0.3 is 16.0 Å². The van der Waals surface area contributed by atoms with Crippen molar-refractivity contribution in [2.75, 3.05) is 13.6 Å². The molecule has 0 bridgehead atoms. The summed E-state index contributed by atoms with van der Waals surface area (Å²) in [5.41, 5.74) is 6.78. The van der Waals surface area contributed by atoms with Gasteiger partial charge in [-0.15, -0.1) is 11.3 Å². The number of nitrogens with zero attached hydrogens (tertiary/aromatic N) is 2. The molecule has 0 unspecified atom stereocenters. The number of hydrogen-bond donors (Lipinski definition) is 2. The number of nitrogens with one attached hydrogen (secondary N) is 1. The maximum Gasteiger partial charge on any atom is 0.242 e. The molecule has 1 aromatic heterocycles. The molecule has 3 N–H and O–H groups in total. The Bertz CT molecular complexity index is 528. The van der Waals surface area contributed by atoms with Crippen molar-refractivity contribution >= 4 is 23.2 Å². The van der Waals surface area contributed by atoms with Crippen LogP contribution >= 0.6 is 11.3 Å². The SMILES string of the molecule is CNC(=O)[C@@H]1C[C@@H](N)CN1C(=O)Cc1sc(C)nc1C. The molecule has 1 aliphatic heterocycles. The Morgan fingerprint density at radius 1 is 1.50 bits per heavy atom. The van der Waals surface area contributed by atoms with Crippen LogP contribution in [0, 0.1) is 13.8 Å². The van der Waals surface area contributed by atoms with E-state index in [2.05, 4.69) is 10.3 Å². The number of hydrogen-bond acceptors (Lipinski definition) is 5. The van der Waals surface area contributed by atoms with Crippen molar-refractivity contribution in [3.8, 4) is 0 Å². The van der Waals surface area contributed by atoms with Crippen LogP contribution in [0.25, 0.3) is 0 Å². The predicted octanol–water partition coefficient (Wildman–Crippen LogP) is -0.0234. The molecule has 110 valence electrons. The number of carbonyl (C=O) groups excluding carboxylic acids is 2. The molecule has 0 radical (unpaired) electrons. The highest BCUT2D eigenvalue weighted by Gasteiger charge is 2.37. The minimum absolute atomic E-state index is 0.0571. The number of thiazole rings is 1. The van der Waals surface area contributed by atoms with Gasteiger partial charge in [-0.2, -0.15) is 0 Å². The number of likely N-dealkylation sites (tertiary alicyclic amines) is 1. The summed E-state index contributed by atoms with van der Waals surface area (Å²) in [7, 11) is 1.57. The lowest BCUT2D eigenvalue weighted by Crippen LogP contribution is -2.45. The van der Waals surface area contributed by atoms with Gasteiger partial charge in [-0.25, -0.2) is 4.98 Å². The van der Waals surface area contributed by atoms with Gasteiger partial charge in [0.15, 0.2) is 0 Å². The smallest absolute Gasteiger partial charge is 0.242 e. The standard InChI is InChI=1S/C13H20N4O2S/c1-7-11(20-8(2)16-7)5-12(18)17-6-9(14)4-10(17)13(19)15-3/h9-10H,4-6,14H2,1-3H3,(H,15,19)/t9-,10+/m1/s1. The molecule has 2 rings (SSSR count). The van der Waals surface area contributed by atoms with Crippen LogP contribution in [0.4, 0.5) is 0 Å². The normalized spacial score (nSPS) is 22.1. The van der Waals surface area contributed by atoms with Crippen molar-refractivity contribution in [1.29, 1.82) is 0 Å². The Morgan fingerprint density at radius 3 is 2.75 bits per heavy atom. The lowest BCUT2D eigenvalue weighted by atomic mass is 10.1. The second kappa shape index (κ2) is 5.88. The summed E-state index contributed by atoms with van der Waals surface area (Å²) in [4.78, 5) is 31.1. The van der Waals surface area contributed by atoms with Crippen LogP contribution in [-0.4, -0.2) is 47.4 Å². The second-order valence-electron chi connectivity index (χ2n) is 5.09. The quantitative estimate of drug-likeness (QED) is 0.820. The van der Waals surface area contributed by atoms with Crippen LogP contribution in [0.5, 0.6) is 0 Å². The van der Waals surface area contributed by atoms with Crippen LogP contribution in [0.1, 0.15) is 22.0 Å². The van der Waals surface area contributed by atoms with Gasteiger partial charge in [-0.05, 0) is 20.3 Å². The summed E-state index contributed by atoms with van der Waals surface area (Å²) in [6.07, 6.45) is 0.809. The highest BCUT2D eigenvalue weighted by Crippen LogP contribution is 2.22. The summed E-state index contributed by atoms with van der Waals surface area (Å²) in [5.74, 6) is -0.207. The first-order valence-corrected chi connectivity index (χ1v) is 7.43. The molecule has 1 aliphatic rings. The zero-order valence-corrected chi connectivity index (χ0v) is 12.8. The molecule has 20 heavy (non-hydrogen) atoms. The average Bonchev–Trinajstić information content (AvgIpc) is 2.92. The van der Waals surface area contributed by atoms with Crippen LogP contribution in [0.2, 0.25) is 0 Å². The minimum Gasteiger partial charge on any atom is -0.357 e. The third kappa shape index (κ3) is 2.99. The summed E-state index contributed by atoms with van der Waals surface area (Å²) in [6.45, 7) is 4.26. The van der Waals surface area contributed by atoms with Gasteiger partial charge in [0.25, 0.3) is 0 Å². The van der Waals surface area contributed by atoms with Crippen molar-refractivity contribution in [3.63, 3.8) is 0 Å². The Morgan fingerprint density at radius 2 is 2.20 bits per heavy atom. The summed E-state index contributed by atoms with van der Waals surface area (Å²) < 4.78 is 0. The van der Waals surface area contributed by atoms with Gasteiger partial charge in [-0.3, -0.25) is 9.59 Å². The third-order valence-electron chi connectivity index (χ3n) is 3.51. The topological polar surface area (TPSA) is 88.3 Å². The maximum absolute atomic E-state index is 12.4.